The predicted octanol–water partition coefficient (Wildman–Crippen LogP) is 3.49. The van der Waals surface area contributed by atoms with Crippen molar-refractivity contribution in [3.63, 3.8) is 0 Å². The number of anilines is 2. The van der Waals surface area contributed by atoms with Gasteiger partial charge in [0.05, 0.1) is 16.3 Å². The summed E-state index contributed by atoms with van der Waals surface area (Å²) in [6.07, 6.45) is 4.13. The van der Waals surface area contributed by atoms with Crippen LogP contribution >= 0.6 is 11.6 Å². The lowest BCUT2D eigenvalue weighted by molar-refractivity contribution is 0.102. The van der Waals surface area contributed by atoms with E-state index in [9.17, 15) is 9.18 Å². The first-order chi connectivity index (χ1) is 11.5. The molecule has 0 saturated carbocycles. The molecule has 1 aromatic carbocycles. The van der Waals surface area contributed by atoms with Crippen LogP contribution in [-0.4, -0.2) is 43.0 Å². The number of hydrogen-bond donors (Lipinski definition) is 2. The molecule has 0 fully saturated rings. The molecule has 0 spiro atoms. The van der Waals surface area contributed by atoms with Gasteiger partial charge in [-0.15, -0.1) is 0 Å². The van der Waals surface area contributed by atoms with Gasteiger partial charge in [-0.25, -0.2) is 4.39 Å². The molecule has 0 bridgehead atoms. The topological polar surface area (TPSA) is 57.3 Å². The van der Waals surface area contributed by atoms with Gasteiger partial charge in [0.1, 0.15) is 5.82 Å². The molecular weight excluding hydrogens is 331 g/mol. The average molecular weight is 351 g/mol. The molecule has 0 saturated heterocycles. The zero-order valence-corrected chi connectivity index (χ0v) is 14.4. The number of rotatable bonds is 7. The molecule has 2 aromatic rings. The molecule has 128 valence electrons. The van der Waals surface area contributed by atoms with Gasteiger partial charge in [0.25, 0.3) is 5.91 Å². The summed E-state index contributed by atoms with van der Waals surface area (Å²) in [6.45, 7) is 1.77. The lowest BCUT2D eigenvalue weighted by Gasteiger charge is -2.11. The predicted molar refractivity (Wildman–Crippen MR) is 95.3 cm³/mol. The minimum absolute atomic E-state index is 0.0396. The molecule has 2 rings (SSSR count). The highest BCUT2D eigenvalue weighted by molar-refractivity contribution is 6.31. The Morgan fingerprint density at radius 2 is 2.04 bits per heavy atom. The van der Waals surface area contributed by atoms with Crippen LogP contribution in [0.1, 0.15) is 16.8 Å². The standard InChI is InChI=1S/C17H20ClFN4O/c1-23(2)7-3-6-21-14-8-12(10-20-11-14)17(24)22-13-4-5-16(19)15(18)9-13/h4-5,8-11,21H,3,6-7H2,1-2H3,(H,22,24). The van der Waals surface area contributed by atoms with Crippen molar-refractivity contribution in [3.8, 4) is 0 Å². The molecule has 7 heteroatoms. The minimum Gasteiger partial charge on any atom is -0.384 e. The third kappa shape index (κ3) is 5.47. The maximum Gasteiger partial charge on any atom is 0.257 e. The van der Waals surface area contributed by atoms with E-state index in [1.165, 1.54) is 24.4 Å². The van der Waals surface area contributed by atoms with Crippen LogP contribution in [-0.2, 0) is 0 Å². The van der Waals surface area contributed by atoms with Crippen LogP contribution in [0.15, 0.2) is 36.7 Å². The van der Waals surface area contributed by atoms with Gasteiger partial charge >= 0.3 is 0 Å². The molecule has 5 nitrogen and oxygen atoms in total. The quantitative estimate of drug-likeness (QED) is 0.750. The Morgan fingerprint density at radius 3 is 2.75 bits per heavy atom. The van der Waals surface area contributed by atoms with Crippen LogP contribution < -0.4 is 10.6 Å². The van der Waals surface area contributed by atoms with Crippen molar-refractivity contribution in [2.45, 2.75) is 6.42 Å². The van der Waals surface area contributed by atoms with Crippen LogP contribution in [0.25, 0.3) is 0 Å². The summed E-state index contributed by atoms with van der Waals surface area (Å²) in [5, 5.41) is 5.87. The second kappa shape index (κ2) is 8.61. The number of amides is 1. The van der Waals surface area contributed by atoms with Gasteiger partial charge in [-0.2, -0.15) is 0 Å². The Balaban J connectivity index is 1.96. The first-order valence-corrected chi connectivity index (χ1v) is 7.93. The zero-order chi connectivity index (χ0) is 17.5. The van der Waals surface area contributed by atoms with Gasteiger partial charge in [-0.1, -0.05) is 11.6 Å². The number of aromatic nitrogens is 1. The lowest BCUT2D eigenvalue weighted by Crippen LogP contribution is -2.17. The minimum atomic E-state index is -0.528. The van der Waals surface area contributed by atoms with E-state index in [0.29, 0.717) is 11.3 Å². The highest BCUT2D eigenvalue weighted by Gasteiger charge is 2.09. The van der Waals surface area contributed by atoms with E-state index in [0.717, 1.165) is 25.2 Å². The van der Waals surface area contributed by atoms with Crippen LogP contribution in [0.3, 0.4) is 0 Å². The number of carbonyl (C=O) groups excluding carboxylic acids is 1. The van der Waals surface area contributed by atoms with Crippen molar-refractivity contribution >= 4 is 28.9 Å². The molecule has 0 radical (unpaired) electrons. The number of pyridine rings is 1. The number of hydrogen-bond acceptors (Lipinski definition) is 4. The van der Waals surface area contributed by atoms with Crippen molar-refractivity contribution in [1.82, 2.24) is 9.88 Å². The van der Waals surface area contributed by atoms with Crippen molar-refractivity contribution in [2.24, 2.45) is 0 Å². The van der Waals surface area contributed by atoms with Gasteiger partial charge in [-0.3, -0.25) is 9.78 Å². The Kier molecular flexibility index (Phi) is 6.52. The zero-order valence-electron chi connectivity index (χ0n) is 13.6. The Morgan fingerprint density at radius 1 is 1.25 bits per heavy atom. The summed E-state index contributed by atoms with van der Waals surface area (Å²) in [7, 11) is 4.04. The summed E-state index contributed by atoms with van der Waals surface area (Å²) in [5.41, 5.74) is 1.61. The maximum atomic E-state index is 13.1. The second-order valence-corrected chi connectivity index (χ2v) is 6.04. The third-order valence-corrected chi connectivity index (χ3v) is 3.58. The third-order valence-electron chi connectivity index (χ3n) is 3.29. The summed E-state index contributed by atoms with van der Waals surface area (Å²) in [5.74, 6) is -0.859. The van der Waals surface area contributed by atoms with E-state index in [-0.39, 0.29) is 10.9 Å². The normalized spacial score (nSPS) is 10.7. The van der Waals surface area contributed by atoms with Gasteiger partial charge < -0.3 is 15.5 Å². The van der Waals surface area contributed by atoms with E-state index < -0.39 is 5.82 Å². The summed E-state index contributed by atoms with van der Waals surface area (Å²) in [6, 6.07) is 5.75. The smallest absolute Gasteiger partial charge is 0.257 e. The number of nitrogens with zero attached hydrogens (tertiary/aromatic N) is 2. The van der Waals surface area contributed by atoms with Gasteiger partial charge in [0.2, 0.25) is 0 Å². The van der Waals surface area contributed by atoms with Crippen molar-refractivity contribution in [1.29, 1.82) is 0 Å². The fraction of sp³-hybridized carbons (Fsp3) is 0.294. The summed E-state index contributed by atoms with van der Waals surface area (Å²) in [4.78, 5) is 18.4. The largest absolute Gasteiger partial charge is 0.384 e. The molecule has 0 aliphatic rings. The molecule has 1 aromatic heterocycles. The van der Waals surface area contributed by atoms with Crippen molar-refractivity contribution in [2.75, 3.05) is 37.8 Å². The van der Waals surface area contributed by atoms with Gasteiger partial charge in [-0.05, 0) is 51.3 Å². The molecule has 0 unspecified atom stereocenters. The van der Waals surface area contributed by atoms with E-state index in [1.54, 1.807) is 12.3 Å². The van der Waals surface area contributed by atoms with Crippen molar-refractivity contribution < 1.29 is 9.18 Å². The molecule has 1 heterocycles. The first kappa shape index (κ1) is 18.2. The molecule has 24 heavy (non-hydrogen) atoms. The summed E-state index contributed by atoms with van der Waals surface area (Å²) >= 11 is 5.71. The Bertz CT molecular complexity index is 709. The number of halogens is 2. The lowest BCUT2D eigenvalue weighted by atomic mass is 10.2. The number of nitrogens with one attached hydrogen (secondary N) is 2. The highest BCUT2D eigenvalue weighted by atomic mass is 35.5. The molecule has 0 aliphatic heterocycles. The molecular formula is C17H20ClFN4O. The van der Waals surface area contributed by atoms with Gasteiger partial charge in [0.15, 0.2) is 0 Å². The monoisotopic (exact) mass is 350 g/mol. The Labute approximate surface area is 145 Å². The van der Waals surface area contributed by atoms with E-state index in [2.05, 4.69) is 20.5 Å². The van der Waals surface area contributed by atoms with E-state index >= 15 is 0 Å². The molecule has 1 amide bonds. The van der Waals surface area contributed by atoms with E-state index in [1.807, 2.05) is 14.1 Å². The molecule has 0 atom stereocenters. The maximum absolute atomic E-state index is 13.1. The number of benzene rings is 1. The van der Waals surface area contributed by atoms with Crippen LogP contribution in [0, 0.1) is 5.82 Å². The van der Waals surface area contributed by atoms with Crippen LogP contribution in [0.4, 0.5) is 15.8 Å². The van der Waals surface area contributed by atoms with Gasteiger partial charge in [0, 0.05) is 24.6 Å². The van der Waals surface area contributed by atoms with E-state index in [4.69, 9.17) is 11.6 Å². The average Bonchev–Trinajstić information content (AvgIpc) is 2.55. The van der Waals surface area contributed by atoms with Crippen LogP contribution in [0.5, 0.6) is 0 Å². The second-order valence-electron chi connectivity index (χ2n) is 5.63. The fourth-order valence-electron chi connectivity index (χ4n) is 2.07. The number of carbonyl (C=O) groups is 1. The summed E-state index contributed by atoms with van der Waals surface area (Å²) < 4.78 is 13.1. The highest BCUT2D eigenvalue weighted by Crippen LogP contribution is 2.20. The Hall–Kier alpha value is -2.18. The molecule has 2 N–H and O–H groups in total. The van der Waals surface area contributed by atoms with Crippen LogP contribution in [0.2, 0.25) is 5.02 Å². The SMILES string of the molecule is CN(C)CCCNc1cncc(C(=O)Nc2ccc(F)c(Cl)c2)c1. The molecule has 0 aliphatic carbocycles. The fourth-order valence-corrected chi connectivity index (χ4v) is 2.25. The van der Waals surface area contributed by atoms with Crippen molar-refractivity contribution in [3.05, 3.63) is 53.1 Å². The first-order valence-electron chi connectivity index (χ1n) is 7.56.